The first kappa shape index (κ1) is 14.2. The van der Waals surface area contributed by atoms with Gasteiger partial charge in [0.2, 0.25) is 5.91 Å². The second-order valence-electron chi connectivity index (χ2n) is 4.24. The number of esters is 1. The van der Waals surface area contributed by atoms with Gasteiger partial charge in [0.05, 0.1) is 7.11 Å². The molecule has 0 radical (unpaired) electrons. The van der Waals surface area contributed by atoms with Gasteiger partial charge in [-0.1, -0.05) is 24.3 Å². The highest BCUT2D eigenvalue weighted by Gasteiger charge is 2.14. The zero-order chi connectivity index (χ0) is 13.5. The lowest BCUT2D eigenvalue weighted by molar-refractivity contribution is -0.146. The molecule has 1 aromatic carbocycles. The van der Waals surface area contributed by atoms with Gasteiger partial charge in [0.15, 0.2) is 0 Å². The first-order chi connectivity index (χ1) is 8.54. The van der Waals surface area contributed by atoms with Crippen molar-refractivity contribution >= 4 is 11.9 Å². The van der Waals surface area contributed by atoms with Crippen molar-refractivity contribution in [2.24, 2.45) is 0 Å². The van der Waals surface area contributed by atoms with E-state index < -0.39 is 5.97 Å². The molecule has 0 saturated carbocycles. The second-order valence-corrected chi connectivity index (χ2v) is 4.24. The Morgan fingerprint density at radius 2 is 1.94 bits per heavy atom. The van der Waals surface area contributed by atoms with Gasteiger partial charge in [-0.3, -0.25) is 9.59 Å². The van der Waals surface area contributed by atoms with E-state index in [0.29, 0.717) is 6.54 Å². The van der Waals surface area contributed by atoms with E-state index in [1.165, 1.54) is 18.2 Å². The monoisotopic (exact) mass is 249 g/mol. The molecule has 0 N–H and O–H groups in total. The molecule has 0 aliphatic carbocycles. The minimum atomic E-state index is -0.497. The Morgan fingerprint density at radius 1 is 1.28 bits per heavy atom. The first-order valence-corrected chi connectivity index (χ1v) is 5.90. The lowest BCUT2D eigenvalue weighted by atomic mass is 10.1. The zero-order valence-corrected chi connectivity index (χ0v) is 11.1. The maximum absolute atomic E-state index is 11.6. The smallest absolute Gasteiger partial charge is 0.315 e. The molecule has 98 valence electrons. The number of rotatable bonds is 5. The molecule has 4 heteroatoms. The maximum atomic E-state index is 11.6. The van der Waals surface area contributed by atoms with E-state index in [0.717, 1.165) is 6.42 Å². The van der Waals surface area contributed by atoms with Crippen LogP contribution in [0, 0.1) is 6.92 Å². The van der Waals surface area contributed by atoms with Crippen molar-refractivity contribution in [1.29, 1.82) is 0 Å². The molecular formula is C14H19NO3. The Hall–Kier alpha value is -1.84. The quantitative estimate of drug-likeness (QED) is 0.587. The number of likely N-dealkylation sites (N-methyl/N-ethyl adjacent to an activating group) is 1. The van der Waals surface area contributed by atoms with Gasteiger partial charge in [-0.15, -0.1) is 0 Å². The minimum Gasteiger partial charge on any atom is -0.469 e. The summed E-state index contributed by atoms with van der Waals surface area (Å²) in [6.45, 7) is 2.65. The molecule has 0 aliphatic rings. The van der Waals surface area contributed by atoms with E-state index in [9.17, 15) is 9.59 Å². The Kier molecular flexibility index (Phi) is 5.36. The highest BCUT2D eigenvalue weighted by Crippen LogP contribution is 2.08. The predicted octanol–water partition coefficient (Wildman–Crippen LogP) is 1.56. The molecular weight excluding hydrogens is 230 g/mol. The predicted molar refractivity (Wildman–Crippen MR) is 69.2 cm³/mol. The molecule has 18 heavy (non-hydrogen) atoms. The van der Waals surface area contributed by atoms with Crippen LogP contribution in [0.4, 0.5) is 0 Å². The molecule has 1 aromatic rings. The van der Waals surface area contributed by atoms with Gasteiger partial charge in [-0.25, -0.2) is 0 Å². The van der Waals surface area contributed by atoms with Crippen molar-refractivity contribution < 1.29 is 14.3 Å². The molecule has 0 aromatic heterocycles. The molecule has 0 spiro atoms. The van der Waals surface area contributed by atoms with Gasteiger partial charge in [-0.2, -0.15) is 0 Å². The van der Waals surface area contributed by atoms with Crippen molar-refractivity contribution in [3.8, 4) is 0 Å². The molecule has 0 saturated heterocycles. The van der Waals surface area contributed by atoms with Crippen LogP contribution in [0.5, 0.6) is 0 Å². The van der Waals surface area contributed by atoms with Crippen molar-refractivity contribution in [2.45, 2.75) is 19.8 Å². The lowest BCUT2D eigenvalue weighted by Gasteiger charge is -2.17. The molecule has 0 aliphatic heterocycles. The Bertz CT molecular complexity index is 429. The summed E-state index contributed by atoms with van der Waals surface area (Å²) in [6.07, 6.45) is 0.594. The van der Waals surface area contributed by atoms with Crippen LogP contribution in [-0.2, 0) is 20.7 Å². The van der Waals surface area contributed by atoms with Gasteiger partial charge in [-0.05, 0) is 24.5 Å². The summed E-state index contributed by atoms with van der Waals surface area (Å²) in [5, 5.41) is 0. The normalized spacial score (nSPS) is 9.94. The van der Waals surface area contributed by atoms with E-state index >= 15 is 0 Å². The summed E-state index contributed by atoms with van der Waals surface area (Å²) in [5.74, 6) is -0.710. The first-order valence-electron chi connectivity index (χ1n) is 5.90. The molecule has 4 nitrogen and oxygen atoms in total. The molecule has 0 fully saturated rings. The highest BCUT2D eigenvalue weighted by molar-refractivity contribution is 5.94. The van der Waals surface area contributed by atoms with Crippen molar-refractivity contribution in [3.05, 3.63) is 35.4 Å². The van der Waals surface area contributed by atoms with E-state index in [-0.39, 0.29) is 12.3 Å². The summed E-state index contributed by atoms with van der Waals surface area (Å²) in [4.78, 5) is 24.2. The fourth-order valence-electron chi connectivity index (χ4n) is 1.63. The van der Waals surface area contributed by atoms with Crippen molar-refractivity contribution in [2.75, 3.05) is 20.7 Å². The average Bonchev–Trinajstić information content (AvgIpc) is 2.37. The summed E-state index contributed by atoms with van der Waals surface area (Å²) in [6, 6.07) is 8.07. The largest absolute Gasteiger partial charge is 0.469 e. The molecule has 1 amide bonds. The minimum absolute atomic E-state index is 0.194. The van der Waals surface area contributed by atoms with E-state index in [1.54, 1.807) is 11.9 Å². The summed E-state index contributed by atoms with van der Waals surface area (Å²) < 4.78 is 4.47. The number of hydrogen-bond donors (Lipinski definition) is 0. The number of benzene rings is 1. The highest BCUT2D eigenvalue weighted by atomic mass is 16.5. The third-order valence-electron chi connectivity index (χ3n) is 2.93. The van der Waals surface area contributed by atoms with Crippen LogP contribution in [0.25, 0.3) is 0 Å². The molecule has 0 atom stereocenters. The number of nitrogens with zero attached hydrogens (tertiary/aromatic N) is 1. The van der Waals surface area contributed by atoms with Gasteiger partial charge in [0, 0.05) is 13.6 Å². The van der Waals surface area contributed by atoms with Crippen molar-refractivity contribution in [1.82, 2.24) is 4.90 Å². The summed E-state index contributed by atoms with van der Waals surface area (Å²) >= 11 is 0. The van der Waals surface area contributed by atoms with E-state index in [4.69, 9.17) is 0 Å². The average molecular weight is 249 g/mol. The van der Waals surface area contributed by atoms with Crippen LogP contribution < -0.4 is 0 Å². The Morgan fingerprint density at radius 3 is 2.56 bits per heavy atom. The SMILES string of the molecule is COC(=O)CC(=O)N(C)CCc1ccccc1C. The third kappa shape index (κ3) is 4.20. The number of carbonyl (C=O) groups excluding carboxylic acids is 2. The topological polar surface area (TPSA) is 46.6 Å². The number of hydrogen-bond acceptors (Lipinski definition) is 3. The van der Waals surface area contributed by atoms with E-state index in [2.05, 4.69) is 4.74 Å². The lowest BCUT2D eigenvalue weighted by Crippen LogP contribution is -2.30. The van der Waals surface area contributed by atoms with Gasteiger partial charge in [0.1, 0.15) is 6.42 Å². The van der Waals surface area contributed by atoms with Crippen LogP contribution >= 0.6 is 0 Å². The van der Waals surface area contributed by atoms with Crippen LogP contribution in [-0.4, -0.2) is 37.5 Å². The van der Waals surface area contributed by atoms with Gasteiger partial charge < -0.3 is 9.64 Å². The van der Waals surface area contributed by atoms with Crippen LogP contribution in [0.15, 0.2) is 24.3 Å². The van der Waals surface area contributed by atoms with E-state index in [1.807, 2.05) is 31.2 Å². The summed E-state index contributed by atoms with van der Waals surface area (Å²) in [7, 11) is 2.98. The van der Waals surface area contributed by atoms with Gasteiger partial charge in [0.25, 0.3) is 0 Å². The number of aryl methyl sites for hydroxylation is 1. The second kappa shape index (κ2) is 6.79. The number of amides is 1. The number of methoxy groups -OCH3 is 1. The summed E-state index contributed by atoms with van der Waals surface area (Å²) in [5.41, 5.74) is 2.43. The van der Waals surface area contributed by atoms with Crippen LogP contribution in [0.2, 0.25) is 0 Å². The molecule has 0 heterocycles. The maximum Gasteiger partial charge on any atom is 0.315 e. The number of ether oxygens (including phenoxy) is 1. The fraction of sp³-hybridized carbons (Fsp3) is 0.429. The molecule has 0 bridgehead atoms. The third-order valence-corrected chi connectivity index (χ3v) is 2.93. The Labute approximate surface area is 108 Å². The number of carbonyl (C=O) groups is 2. The van der Waals surface area contributed by atoms with Crippen molar-refractivity contribution in [3.63, 3.8) is 0 Å². The molecule has 1 rings (SSSR count). The van der Waals surface area contributed by atoms with Crippen LogP contribution in [0.1, 0.15) is 17.5 Å². The van der Waals surface area contributed by atoms with Crippen LogP contribution in [0.3, 0.4) is 0 Å². The van der Waals surface area contributed by atoms with Gasteiger partial charge >= 0.3 is 5.97 Å². The molecule has 0 unspecified atom stereocenters. The fourth-order valence-corrected chi connectivity index (χ4v) is 1.63. The standard InChI is InChI=1S/C14H19NO3/c1-11-6-4-5-7-12(11)8-9-15(2)13(16)10-14(17)18-3/h4-7H,8-10H2,1-3H3. The Balaban J connectivity index is 2.46. The zero-order valence-electron chi connectivity index (χ0n) is 11.1.